The number of carbonyl (C=O) groups excluding carboxylic acids is 1. The number of ether oxygens (including phenoxy) is 1. The summed E-state index contributed by atoms with van der Waals surface area (Å²) in [5, 5.41) is 0. The summed E-state index contributed by atoms with van der Waals surface area (Å²) < 4.78 is 34.4. The van der Waals surface area contributed by atoms with Crippen molar-refractivity contribution in [3.8, 4) is 0 Å². The van der Waals surface area contributed by atoms with Crippen molar-refractivity contribution in [2.75, 3.05) is 13.1 Å². The summed E-state index contributed by atoms with van der Waals surface area (Å²) in [5.41, 5.74) is -0.176. The standard InChI is InChI=1S/C19H27F2NO2/c1-5-6-7-14-10-22(11-16(24-14)12(2)3)19(23)17-15(20)9-8-13(4)18(17)21/h8-9,12,14,16H,5-7,10-11H2,1-4H3/t14-,16-/m1/s1. The van der Waals surface area contributed by atoms with Crippen LogP contribution in [0.4, 0.5) is 8.78 Å². The molecule has 1 aromatic carbocycles. The van der Waals surface area contributed by atoms with Crippen LogP contribution in [0.25, 0.3) is 0 Å². The second kappa shape index (κ2) is 8.06. The molecule has 5 heteroatoms. The average Bonchev–Trinajstić information content (AvgIpc) is 2.56. The monoisotopic (exact) mass is 339 g/mol. The minimum absolute atomic E-state index is 0.0778. The lowest BCUT2D eigenvalue weighted by Crippen LogP contribution is -2.52. The van der Waals surface area contributed by atoms with E-state index in [1.165, 1.54) is 13.0 Å². The van der Waals surface area contributed by atoms with Crippen molar-refractivity contribution in [1.29, 1.82) is 0 Å². The molecule has 1 aliphatic rings. The predicted octanol–water partition coefficient (Wildman–Crippen LogP) is 4.33. The van der Waals surface area contributed by atoms with Gasteiger partial charge >= 0.3 is 0 Å². The number of amides is 1. The van der Waals surface area contributed by atoms with Crippen LogP contribution in [0.3, 0.4) is 0 Å². The van der Waals surface area contributed by atoms with Crippen molar-refractivity contribution >= 4 is 5.91 Å². The summed E-state index contributed by atoms with van der Waals surface area (Å²) in [4.78, 5) is 14.3. The second-order valence-electron chi connectivity index (χ2n) is 6.95. The molecule has 1 aromatic rings. The molecule has 1 saturated heterocycles. The number of morpholine rings is 1. The van der Waals surface area contributed by atoms with Gasteiger partial charge in [0, 0.05) is 13.1 Å². The quantitative estimate of drug-likeness (QED) is 0.799. The third-order valence-electron chi connectivity index (χ3n) is 4.60. The number of carbonyl (C=O) groups is 1. The van der Waals surface area contributed by atoms with Crippen LogP contribution in [-0.4, -0.2) is 36.1 Å². The fourth-order valence-electron chi connectivity index (χ4n) is 3.01. The molecule has 2 atom stereocenters. The van der Waals surface area contributed by atoms with Crippen LogP contribution in [0.2, 0.25) is 0 Å². The van der Waals surface area contributed by atoms with E-state index in [0.717, 1.165) is 25.3 Å². The van der Waals surface area contributed by atoms with Crippen LogP contribution < -0.4 is 0 Å². The number of benzene rings is 1. The van der Waals surface area contributed by atoms with Gasteiger partial charge in [0.15, 0.2) is 0 Å². The molecular weight excluding hydrogens is 312 g/mol. The van der Waals surface area contributed by atoms with Crippen molar-refractivity contribution in [2.24, 2.45) is 5.92 Å². The van der Waals surface area contributed by atoms with Crippen molar-refractivity contribution in [3.63, 3.8) is 0 Å². The van der Waals surface area contributed by atoms with E-state index in [-0.39, 0.29) is 23.7 Å². The Bertz CT molecular complexity index is 589. The van der Waals surface area contributed by atoms with Gasteiger partial charge < -0.3 is 9.64 Å². The zero-order chi connectivity index (χ0) is 17.9. The van der Waals surface area contributed by atoms with E-state index >= 15 is 0 Å². The Hall–Kier alpha value is -1.49. The molecular formula is C19H27F2NO2. The van der Waals surface area contributed by atoms with Gasteiger partial charge in [-0.2, -0.15) is 0 Å². The van der Waals surface area contributed by atoms with Gasteiger partial charge in [-0.25, -0.2) is 8.78 Å². The van der Waals surface area contributed by atoms with Gasteiger partial charge in [0.1, 0.15) is 17.2 Å². The van der Waals surface area contributed by atoms with E-state index in [4.69, 9.17) is 4.74 Å². The lowest BCUT2D eigenvalue weighted by Gasteiger charge is -2.40. The zero-order valence-electron chi connectivity index (χ0n) is 14.9. The highest BCUT2D eigenvalue weighted by Crippen LogP contribution is 2.25. The number of aryl methyl sites for hydroxylation is 1. The Balaban J connectivity index is 2.25. The van der Waals surface area contributed by atoms with E-state index in [2.05, 4.69) is 6.92 Å². The first-order valence-electron chi connectivity index (χ1n) is 8.74. The summed E-state index contributed by atoms with van der Waals surface area (Å²) in [5.74, 6) is -1.92. The summed E-state index contributed by atoms with van der Waals surface area (Å²) in [7, 11) is 0. The maximum Gasteiger partial charge on any atom is 0.260 e. The van der Waals surface area contributed by atoms with Crippen molar-refractivity contribution in [3.05, 3.63) is 34.9 Å². The minimum atomic E-state index is -0.805. The third kappa shape index (κ3) is 4.12. The summed E-state index contributed by atoms with van der Waals surface area (Å²) in [6, 6.07) is 2.50. The molecule has 1 amide bonds. The highest BCUT2D eigenvalue weighted by molar-refractivity contribution is 5.95. The van der Waals surface area contributed by atoms with Crippen molar-refractivity contribution in [2.45, 2.75) is 59.2 Å². The highest BCUT2D eigenvalue weighted by Gasteiger charge is 2.34. The first kappa shape index (κ1) is 18.8. The highest BCUT2D eigenvalue weighted by atomic mass is 19.1. The molecule has 0 N–H and O–H groups in total. The first-order chi connectivity index (χ1) is 11.3. The Morgan fingerprint density at radius 3 is 2.67 bits per heavy atom. The first-order valence-corrected chi connectivity index (χ1v) is 8.74. The molecule has 1 fully saturated rings. The van der Waals surface area contributed by atoms with Gasteiger partial charge in [0.25, 0.3) is 5.91 Å². The Kier molecular flexibility index (Phi) is 6.33. The molecule has 0 saturated carbocycles. The van der Waals surface area contributed by atoms with Crippen molar-refractivity contribution < 1.29 is 18.3 Å². The number of halogens is 2. The van der Waals surface area contributed by atoms with Crippen LogP contribution >= 0.6 is 0 Å². The smallest absolute Gasteiger partial charge is 0.260 e. The van der Waals surface area contributed by atoms with E-state index in [1.807, 2.05) is 13.8 Å². The lowest BCUT2D eigenvalue weighted by atomic mass is 10.0. The lowest BCUT2D eigenvalue weighted by molar-refractivity contribution is -0.0964. The van der Waals surface area contributed by atoms with Gasteiger partial charge in [0.05, 0.1) is 12.2 Å². The molecule has 3 nitrogen and oxygen atoms in total. The molecule has 134 valence electrons. The summed E-state index contributed by atoms with van der Waals surface area (Å²) in [6.45, 7) is 8.45. The molecule has 1 aliphatic heterocycles. The van der Waals surface area contributed by atoms with Crippen LogP contribution in [-0.2, 0) is 4.74 Å². The molecule has 0 unspecified atom stereocenters. The normalized spacial score (nSPS) is 21.4. The van der Waals surface area contributed by atoms with E-state index in [9.17, 15) is 13.6 Å². The maximum absolute atomic E-state index is 14.3. The molecule has 2 rings (SSSR count). The molecule has 0 aromatic heterocycles. The van der Waals surface area contributed by atoms with Crippen LogP contribution in [0.5, 0.6) is 0 Å². The molecule has 0 spiro atoms. The molecule has 0 radical (unpaired) electrons. The van der Waals surface area contributed by atoms with E-state index < -0.39 is 23.1 Å². The van der Waals surface area contributed by atoms with Gasteiger partial charge in [-0.1, -0.05) is 39.7 Å². The minimum Gasteiger partial charge on any atom is -0.371 e. The Morgan fingerprint density at radius 1 is 1.33 bits per heavy atom. The van der Waals surface area contributed by atoms with Gasteiger partial charge in [-0.3, -0.25) is 4.79 Å². The van der Waals surface area contributed by atoms with Crippen LogP contribution in [0.1, 0.15) is 56.0 Å². The van der Waals surface area contributed by atoms with Gasteiger partial charge in [0.2, 0.25) is 0 Å². The van der Waals surface area contributed by atoms with Crippen LogP contribution in [0, 0.1) is 24.5 Å². The summed E-state index contributed by atoms with van der Waals surface area (Å²) >= 11 is 0. The van der Waals surface area contributed by atoms with Gasteiger partial charge in [-0.05, 0) is 30.9 Å². The summed E-state index contributed by atoms with van der Waals surface area (Å²) in [6.07, 6.45) is 2.71. The number of unbranched alkanes of at least 4 members (excludes halogenated alkanes) is 1. The SMILES string of the molecule is CCCC[C@@H]1CN(C(=O)c2c(F)ccc(C)c2F)C[C@H](C(C)C)O1. The molecule has 0 aliphatic carbocycles. The molecule has 1 heterocycles. The predicted molar refractivity (Wildman–Crippen MR) is 90.0 cm³/mol. The Morgan fingerprint density at radius 2 is 2.04 bits per heavy atom. The third-order valence-corrected chi connectivity index (χ3v) is 4.60. The number of nitrogens with zero attached hydrogens (tertiary/aromatic N) is 1. The average molecular weight is 339 g/mol. The number of hydrogen-bond acceptors (Lipinski definition) is 2. The topological polar surface area (TPSA) is 29.5 Å². The van der Waals surface area contributed by atoms with Crippen LogP contribution in [0.15, 0.2) is 12.1 Å². The number of hydrogen-bond donors (Lipinski definition) is 0. The van der Waals surface area contributed by atoms with E-state index in [0.29, 0.717) is 13.1 Å². The van der Waals surface area contributed by atoms with E-state index in [1.54, 1.807) is 4.90 Å². The largest absolute Gasteiger partial charge is 0.371 e. The van der Waals surface area contributed by atoms with Crippen molar-refractivity contribution in [1.82, 2.24) is 4.90 Å². The number of rotatable bonds is 5. The van der Waals surface area contributed by atoms with Gasteiger partial charge in [-0.15, -0.1) is 0 Å². The fraction of sp³-hybridized carbons (Fsp3) is 0.632. The Labute approximate surface area is 143 Å². The zero-order valence-corrected chi connectivity index (χ0v) is 14.9. The fourth-order valence-corrected chi connectivity index (χ4v) is 3.01. The molecule has 0 bridgehead atoms. The maximum atomic E-state index is 14.3. The second-order valence-corrected chi connectivity index (χ2v) is 6.95. The molecule has 24 heavy (non-hydrogen) atoms.